The molecule has 0 spiro atoms. The van der Waals surface area contributed by atoms with Crippen molar-refractivity contribution in [3.05, 3.63) is 52.7 Å². The quantitative estimate of drug-likeness (QED) is 0.226. The summed E-state index contributed by atoms with van der Waals surface area (Å²) < 4.78 is 15.5. The van der Waals surface area contributed by atoms with Crippen molar-refractivity contribution in [1.29, 1.82) is 0 Å². The molecule has 11 nitrogen and oxygen atoms in total. The summed E-state index contributed by atoms with van der Waals surface area (Å²) in [7, 11) is 0. The Balaban J connectivity index is 1.67. The summed E-state index contributed by atoms with van der Waals surface area (Å²) in [5.41, 5.74) is -0.233. The minimum absolute atomic E-state index is 0.0126. The molecule has 168 valence electrons. The van der Waals surface area contributed by atoms with Gasteiger partial charge >= 0.3 is 5.97 Å². The lowest BCUT2D eigenvalue weighted by atomic mass is 9.99. The first-order valence-corrected chi connectivity index (χ1v) is 9.35. The van der Waals surface area contributed by atoms with E-state index in [1.807, 2.05) is 0 Å². The molecule has 1 fully saturated rings. The Morgan fingerprint density at radius 2 is 1.59 bits per heavy atom. The molecule has 1 aliphatic rings. The average molecular weight is 446 g/mol. The maximum atomic E-state index is 12.5. The fraction of sp³-hybridized carbons (Fsp3) is 0.238. The van der Waals surface area contributed by atoms with E-state index in [2.05, 4.69) is 0 Å². The van der Waals surface area contributed by atoms with Gasteiger partial charge in [-0.15, -0.1) is 0 Å². The van der Waals surface area contributed by atoms with Gasteiger partial charge in [0.25, 0.3) is 0 Å². The zero-order chi connectivity index (χ0) is 23.2. The summed E-state index contributed by atoms with van der Waals surface area (Å²) in [6.07, 6.45) is -9.37. The molecule has 5 atom stereocenters. The van der Waals surface area contributed by atoms with E-state index >= 15 is 0 Å². The smallest absolute Gasteiger partial charge is 0.343 e. The van der Waals surface area contributed by atoms with Gasteiger partial charge in [0.05, 0.1) is 0 Å². The third-order valence-electron chi connectivity index (χ3n) is 4.97. The number of phenolic OH excluding ortho intramolecular Hbond substituents is 2. The van der Waals surface area contributed by atoms with Crippen molar-refractivity contribution in [2.45, 2.75) is 30.7 Å². The lowest BCUT2D eigenvalue weighted by Gasteiger charge is -2.36. The fourth-order valence-electron chi connectivity index (χ4n) is 3.30. The molecule has 32 heavy (non-hydrogen) atoms. The summed E-state index contributed by atoms with van der Waals surface area (Å²) in [6.45, 7) is 0. The van der Waals surface area contributed by atoms with Crippen molar-refractivity contribution < 1.29 is 49.3 Å². The lowest BCUT2D eigenvalue weighted by Crippen LogP contribution is -2.60. The summed E-state index contributed by atoms with van der Waals surface area (Å²) >= 11 is 0. The minimum Gasteiger partial charge on any atom is -0.508 e. The highest BCUT2D eigenvalue weighted by atomic mass is 16.7. The van der Waals surface area contributed by atoms with Crippen LogP contribution >= 0.6 is 0 Å². The summed E-state index contributed by atoms with van der Waals surface area (Å²) in [4.78, 5) is 24.9. The summed E-state index contributed by atoms with van der Waals surface area (Å²) in [5, 5.41) is 58.2. The SMILES string of the molecule is O=C(Oc1cc(O)c2c(=O)cc(-c3ccc(O)cc3)oc2c1)[C@H]1O[C@@H](O)[C@H](O)[C@@H](O)[C@@H]1O. The Morgan fingerprint density at radius 3 is 2.28 bits per heavy atom. The predicted molar refractivity (Wildman–Crippen MR) is 106 cm³/mol. The molecule has 0 unspecified atom stereocenters. The third-order valence-corrected chi connectivity index (χ3v) is 4.97. The maximum absolute atomic E-state index is 12.5. The van der Waals surface area contributed by atoms with Gasteiger partial charge in [0.15, 0.2) is 17.8 Å². The molecule has 3 aromatic rings. The lowest BCUT2D eigenvalue weighted by molar-refractivity contribution is -0.279. The van der Waals surface area contributed by atoms with Crippen LogP contribution in [-0.2, 0) is 9.53 Å². The Hall–Kier alpha value is -3.48. The van der Waals surface area contributed by atoms with Crippen LogP contribution in [0.25, 0.3) is 22.3 Å². The van der Waals surface area contributed by atoms with Gasteiger partial charge in [-0.2, -0.15) is 0 Å². The van der Waals surface area contributed by atoms with E-state index in [0.29, 0.717) is 5.56 Å². The molecule has 0 radical (unpaired) electrons. The van der Waals surface area contributed by atoms with Crippen LogP contribution in [0.2, 0.25) is 0 Å². The Morgan fingerprint density at radius 1 is 0.906 bits per heavy atom. The Labute approximate surface area is 178 Å². The molecule has 0 amide bonds. The second-order valence-corrected chi connectivity index (χ2v) is 7.18. The van der Waals surface area contributed by atoms with Crippen molar-refractivity contribution in [3.8, 4) is 28.6 Å². The predicted octanol–water partition coefficient (Wildman–Crippen LogP) is -0.424. The van der Waals surface area contributed by atoms with E-state index in [1.54, 1.807) is 0 Å². The second kappa shape index (κ2) is 8.22. The van der Waals surface area contributed by atoms with Crippen LogP contribution in [0.5, 0.6) is 17.2 Å². The highest BCUT2D eigenvalue weighted by Crippen LogP contribution is 2.32. The van der Waals surface area contributed by atoms with E-state index in [0.717, 1.165) is 18.2 Å². The molecule has 6 N–H and O–H groups in total. The van der Waals surface area contributed by atoms with E-state index in [-0.39, 0.29) is 28.2 Å². The number of hydrogen-bond acceptors (Lipinski definition) is 11. The van der Waals surface area contributed by atoms with Gasteiger partial charge in [-0.1, -0.05) is 0 Å². The van der Waals surface area contributed by atoms with Gasteiger partial charge in [-0.25, -0.2) is 4.79 Å². The van der Waals surface area contributed by atoms with E-state index in [4.69, 9.17) is 13.9 Å². The van der Waals surface area contributed by atoms with Crippen LogP contribution in [0.4, 0.5) is 0 Å². The van der Waals surface area contributed by atoms with Crippen LogP contribution in [0.1, 0.15) is 0 Å². The zero-order valence-corrected chi connectivity index (χ0v) is 16.2. The van der Waals surface area contributed by atoms with Crippen molar-refractivity contribution in [2.75, 3.05) is 0 Å². The van der Waals surface area contributed by atoms with Crippen molar-refractivity contribution in [2.24, 2.45) is 0 Å². The van der Waals surface area contributed by atoms with Gasteiger partial charge in [0.1, 0.15) is 52.3 Å². The molecule has 0 saturated carbocycles. The zero-order valence-electron chi connectivity index (χ0n) is 16.2. The number of ether oxygens (including phenoxy) is 2. The number of aliphatic hydroxyl groups is 4. The van der Waals surface area contributed by atoms with Gasteiger partial charge in [-0.05, 0) is 24.3 Å². The van der Waals surface area contributed by atoms with Crippen molar-refractivity contribution in [3.63, 3.8) is 0 Å². The van der Waals surface area contributed by atoms with Gasteiger partial charge in [0, 0.05) is 23.8 Å². The number of rotatable bonds is 3. The number of fused-ring (bicyclic) bond motifs is 1. The van der Waals surface area contributed by atoms with Crippen LogP contribution in [0, 0.1) is 0 Å². The van der Waals surface area contributed by atoms with E-state index < -0.39 is 47.9 Å². The molecule has 4 rings (SSSR count). The largest absolute Gasteiger partial charge is 0.508 e. The van der Waals surface area contributed by atoms with E-state index in [1.165, 1.54) is 24.3 Å². The number of esters is 1. The molecule has 1 saturated heterocycles. The number of aromatic hydroxyl groups is 2. The fourth-order valence-corrected chi connectivity index (χ4v) is 3.30. The number of carbonyl (C=O) groups is 1. The van der Waals surface area contributed by atoms with Crippen LogP contribution in [-0.4, -0.2) is 67.3 Å². The number of benzene rings is 2. The Bertz CT molecular complexity index is 1220. The number of aliphatic hydroxyl groups excluding tert-OH is 4. The van der Waals surface area contributed by atoms with Crippen LogP contribution in [0.15, 0.2) is 51.7 Å². The number of hydrogen-bond donors (Lipinski definition) is 6. The maximum Gasteiger partial charge on any atom is 0.343 e. The monoisotopic (exact) mass is 446 g/mol. The average Bonchev–Trinajstić information content (AvgIpc) is 2.74. The number of phenols is 2. The molecular weight excluding hydrogens is 428 g/mol. The Kier molecular flexibility index (Phi) is 5.59. The van der Waals surface area contributed by atoms with Crippen LogP contribution < -0.4 is 10.2 Å². The molecule has 11 heteroatoms. The number of carbonyl (C=O) groups excluding carboxylic acids is 1. The molecular formula is C21H18O11. The summed E-state index contributed by atoms with van der Waals surface area (Å²) in [5.74, 6) is -1.93. The second-order valence-electron chi connectivity index (χ2n) is 7.18. The first-order valence-electron chi connectivity index (χ1n) is 9.35. The first kappa shape index (κ1) is 21.7. The van der Waals surface area contributed by atoms with Crippen molar-refractivity contribution in [1.82, 2.24) is 0 Å². The van der Waals surface area contributed by atoms with E-state index in [9.17, 15) is 40.2 Å². The normalized spacial score (nSPS) is 25.6. The van der Waals surface area contributed by atoms with Gasteiger partial charge in [0.2, 0.25) is 0 Å². The summed E-state index contributed by atoms with van der Waals surface area (Å²) in [6, 6.07) is 9.07. The topological polar surface area (TPSA) is 187 Å². The standard InChI is InChI=1S/C21H18O11/c22-9-3-1-8(2-4-9)13-7-12(24)15-11(23)5-10(6-14(15)31-13)30-21(29)19-17(26)16(25)18(27)20(28)32-19/h1-7,16-20,22-23,25-28H/t16-,17-,18+,19-,20+/m0/s1. The molecule has 2 heterocycles. The molecule has 2 aromatic carbocycles. The molecule has 1 aromatic heterocycles. The molecule has 0 aliphatic carbocycles. The van der Waals surface area contributed by atoms with Crippen molar-refractivity contribution >= 4 is 16.9 Å². The first-order chi connectivity index (χ1) is 15.2. The highest BCUT2D eigenvalue weighted by Gasteiger charge is 2.47. The molecule has 0 bridgehead atoms. The molecule has 1 aliphatic heterocycles. The van der Waals surface area contributed by atoms with Crippen LogP contribution in [0.3, 0.4) is 0 Å². The highest BCUT2D eigenvalue weighted by molar-refractivity contribution is 5.87. The van der Waals surface area contributed by atoms with Gasteiger partial charge in [-0.3, -0.25) is 4.79 Å². The van der Waals surface area contributed by atoms with Gasteiger partial charge < -0.3 is 44.5 Å². The third kappa shape index (κ3) is 3.90. The minimum atomic E-state index is -1.94.